The van der Waals surface area contributed by atoms with E-state index in [1.165, 1.54) is 17.8 Å². The van der Waals surface area contributed by atoms with Crippen molar-refractivity contribution >= 4 is 45.2 Å². The molecule has 8 heteroatoms. The standard InChI is InChI=1S/C25H25ClN2O4S/c1-15(2)31-10-6-9-28-24(30)18-7-4-5-8-21(18)27-25(28)33-14-17-12-23(29)32-22-11-16(3)20(26)13-19(17)22/h4-5,7-8,11-13,15H,6,9-10,14H2,1-3H3. The van der Waals surface area contributed by atoms with E-state index in [9.17, 15) is 9.59 Å². The number of rotatable bonds is 8. The summed E-state index contributed by atoms with van der Waals surface area (Å²) < 4.78 is 12.7. The number of hydrogen-bond donors (Lipinski definition) is 0. The fraction of sp³-hybridized carbons (Fsp3) is 0.320. The molecule has 6 nitrogen and oxygen atoms in total. The van der Waals surface area contributed by atoms with E-state index in [-0.39, 0.29) is 11.7 Å². The van der Waals surface area contributed by atoms with E-state index in [0.29, 0.717) is 52.0 Å². The van der Waals surface area contributed by atoms with Crippen molar-refractivity contribution in [2.75, 3.05) is 6.61 Å². The van der Waals surface area contributed by atoms with E-state index in [1.54, 1.807) is 16.7 Å². The summed E-state index contributed by atoms with van der Waals surface area (Å²) in [7, 11) is 0. The van der Waals surface area contributed by atoms with Gasteiger partial charge in [0.15, 0.2) is 5.16 Å². The maximum atomic E-state index is 13.2. The molecule has 33 heavy (non-hydrogen) atoms. The van der Waals surface area contributed by atoms with Crippen LogP contribution >= 0.6 is 23.4 Å². The molecule has 0 aliphatic rings. The topological polar surface area (TPSA) is 74.3 Å². The molecule has 2 heterocycles. The van der Waals surface area contributed by atoms with Crippen molar-refractivity contribution < 1.29 is 9.15 Å². The van der Waals surface area contributed by atoms with Crippen LogP contribution in [0.15, 0.2) is 61.6 Å². The van der Waals surface area contributed by atoms with E-state index >= 15 is 0 Å². The summed E-state index contributed by atoms with van der Waals surface area (Å²) in [6, 6.07) is 12.4. The molecule has 0 bridgehead atoms. The highest BCUT2D eigenvalue weighted by atomic mass is 35.5. The van der Waals surface area contributed by atoms with Gasteiger partial charge in [-0.25, -0.2) is 9.78 Å². The molecule has 4 aromatic rings. The van der Waals surface area contributed by atoms with Gasteiger partial charge < -0.3 is 9.15 Å². The Kier molecular flexibility index (Phi) is 7.22. The number of hydrogen-bond acceptors (Lipinski definition) is 6. The molecular weight excluding hydrogens is 460 g/mol. The highest BCUT2D eigenvalue weighted by Crippen LogP contribution is 2.29. The summed E-state index contributed by atoms with van der Waals surface area (Å²) in [5.74, 6) is 0.439. The van der Waals surface area contributed by atoms with E-state index < -0.39 is 5.63 Å². The van der Waals surface area contributed by atoms with Crippen molar-refractivity contribution in [1.82, 2.24) is 9.55 Å². The monoisotopic (exact) mass is 484 g/mol. The van der Waals surface area contributed by atoms with Crippen LogP contribution in [0.25, 0.3) is 21.9 Å². The molecule has 0 N–H and O–H groups in total. The molecular formula is C25H25ClN2O4S. The number of para-hydroxylation sites is 1. The molecule has 172 valence electrons. The number of benzene rings is 2. The molecule has 0 radical (unpaired) electrons. The lowest BCUT2D eigenvalue weighted by Crippen LogP contribution is -2.24. The van der Waals surface area contributed by atoms with E-state index in [0.717, 1.165) is 16.5 Å². The average Bonchev–Trinajstić information content (AvgIpc) is 2.77. The molecule has 0 aliphatic heterocycles. The largest absolute Gasteiger partial charge is 0.423 e. The van der Waals surface area contributed by atoms with Gasteiger partial charge in [-0.1, -0.05) is 35.5 Å². The van der Waals surface area contributed by atoms with Crippen molar-refractivity contribution in [1.29, 1.82) is 0 Å². The molecule has 0 aliphatic carbocycles. The predicted molar refractivity (Wildman–Crippen MR) is 133 cm³/mol. The number of nitrogens with zero attached hydrogens (tertiary/aromatic N) is 2. The van der Waals surface area contributed by atoms with E-state index in [1.807, 2.05) is 45.0 Å². The number of aryl methyl sites for hydroxylation is 1. The average molecular weight is 485 g/mol. The predicted octanol–water partition coefficient (Wildman–Crippen LogP) is 5.57. The van der Waals surface area contributed by atoms with Crippen molar-refractivity contribution in [2.45, 2.75) is 50.8 Å². The van der Waals surface area contributed by atoms with E-state index in [4.69, 9.17) is 25.7 Å². The first-order valence-electron chi connectivity index (χ1n) is 10.8. The van der Waals surface area contributed by atoms with Crippen LogP contribution in [0.1, 0.15) is 31.4 Å². The first-order valence-corrected chi connectivity index (χ1v) is 12.2. The zero-order valence-electron chi connectivity index (χ0n) is 18.8. The summed E-state index contributed by atoms with van der Waals surface area (Å²) in [4.78, 5) is 30.1. The molecule has 0 unspecified atom stereocenters. The lowest BCUT2D eigenvalue weighted by Gasteiger charge is -2.14. The van der Waals surface area contributed by atoms with Crippen LogP contribution in [0, 0.1) is 6.92 Å². The van der Waals surface area contributed by atoms with Crippen LogP contribution in [0.5, 0.6) is 0 Å². The Morgan fingerprint density at radius 3 is 2.73 bits per heavy atom. The van der Waals surface area contributed by atoms with Gasteiger partial charge in [0.1, 0.15) is 5.58 Å². The normalized spacial score (nSPS) is 11.7. The summed E-state index contributed by atoms with van der Waals surface area (Å²) in [5.41, 5.74) is 2.26. The Bertz CT molecular complexity index is 1430. The van der Waals surface area contributed by atoms with Gasteiger partial charge in [-0.15, -0.1) is 0 Å². The van der Waals surface area contributed by atoms with Gasteiger partial charge in [0.25, 0.3) is 5.56 Å². The highest BCUT2D eigenvalue weighted by molar-refractivity contribution is 7.98. The van der Waals surface area contributed by atoms with Crippen molar-refractivity contribution in [2.24, 2.45) is 0 Å². The van der Waals surface area contributed by atoms with Crippen LogP contribution < -0.4 is 11.2 Å². The van der Waals surface area contributed by atoms with Gasteiger partial charge in [0, 0.05) is 35.4 Å². The molecule has 0 saturated carbocycles. The summed E-state index contributed by atoms with van der Waals surface area (Å²) in [6.07, 6.45) is 0.831. The molecule has 0 amide bonds. The lowest BCUT2D eigenvalue weighted by molar-refractivity contribution is 0.0743. The highest BCUT2D eigenvalue weighted by Gasteiger charge is 2.14. The number of ether oxygens (including phenoxy) is 1. The zero-order chi connectivity index (χ0) is 23.5. The Balaban J connectivity index is 1.69. The lowest BCUT2D eigenvalue weighted by atomic mass is 10.1. The van der Waals surface area contributed by atoms with Crippen LogP contribution in [0.3, 0.4) is 0 Å². The van der Waals surface area contributed by atoms with E-state index in [2.05, 4.69) is 0 Å². The van der Waals surface area contributed by atoms with Gasteiger partial charge in [-0.05, 0) is 62.6 Å². The third-order valence-electron chi connectivity index (χ3n) is 5.27. The molecule has 0 saturated heterocycles. The van der Waals surface area contributed by atoms with Crippen LogP contribution in [-0.4, -0.2) is 22.3 Å². The number of halogens is 1. The Labute approximate surface area is 200 Å². The molecule has 2 aromatic carbocycles. The van der Waals surface area contributed by atoms with Crippen molar-refractivity contribution in [3.63, 3.8) is 0 Å². The van der Waals surface area contributed by atoms with Gasteiger partial charge >= 0.3 is 5.63 Å². The zero-order valence-corrected chi connectivity index (χ0v) is 20.3. The Morgan fingerprint density at radius 1 is 1.15 bits per heavy atom. The summed E-state index contributed by atoms with van der Waals surface area (Å²) in [5, 5.41) is 2.56. The first-order chi connectivity index (χ1) is 15.8. The molecule has 0 fully saturated rings. The smallest absolute Gasteiger partial charge is 0.336 e. The maximum Gasteiger partial charge on any atom is 0.336 e. The fourth-order valence-electron chi connectivity index (χ4n) is 3.61. The summed E-state index contributed by atoms with van der Waals surface area (Å²) in [6.45, 7) is 6.89. The number of fused-ring (bicyclic) bond motifs is 2. The second-order valence-electron chi connectivity index (χ2n) is 8.12. The van der Waals surface area contributed by atoms with Gasteiger partial charge in [-0.3, -0.25) is 9.36 Å². The molecule has 0 atom stereocenters. The number of thioether (sulfide) groups is 1. The van der Waals surface area contributed by atoms with Crippen LogP contribution in [-0.2, 0) is 17.0 Å². The van der Waals surface area contributed by atoms with Crippen LogP contribution in [0.2, 0.25) is 5.02 Å². The Hall–Kier alpha value is -2.61. The first kappa shape index (κ1) is 23.5. The second-order valence-corrected chi connectivity index (χ2v) is 9.47. The molecule has 4 rings (SSSR count). The van der Waals surface area contributed by atoms with Crippen molar-refractivity contribution in [3.8, 4) is 0 Å². The van der Waals surface area contributed by atoms with Gasteiger partial charge in [0.2, 0.25) is 0 Å². The van der Waals surface area contributed by atoms with Gasteiger partial charge in [0.05, 0.1) is 17.0 Å². The third-order valence-corrected chi connectivity index (χ3v) is 6.70. The minimum Gasteiger partial charge on any atom is -0.423 e. The SMILES string of the molecule is Cc1cc2oc(=O)cc(CSc3nc4ccccc4c(=O)n3CCCOC(C)C)c2cc1Cl. The van der Waals surface area contributed by atoms with Gasteiger partial charge in [-0.2, -0.15) is 0 Å². The third kappa shape index (κ3) is 5.32. The maximum absolute atomic E-state index is 13.2. The minimum absolute atomic E-state index is 0.0799. The molecule has 0 spiro atoms. The van der Waals surface area contributed by atoms with Crippen LogP contribution in [0.4, 0.5) is 0 Å². The number of aromatic nitrogens is 2. The fourth-order valence-corrected chi connectivity index (χ4v) is 4.79. The minimum atomic E-state index is -0.422. The molecule has 2 aromatic heterocycles. The Morgan fingerprint density at radius 2 is 1.94 bits per heavy atom. The quantitative estimate of drug-likeness (QED) is 0.141. The van der Waals surface area contributed by atoms with Crippen molar-refractivity contribution in [3.05, 3.63) is 79.4 Å². The second kappa shape index (κ2) is 10.1. The summed E-state index contributed by atoms with van der Waals surface area (Å²) >= 11 is 7.74.